The molecule has 0 radical (unpaired) electrons. The molecule has 0 rings (SSSR count). The molecule has 0 heterocycles. The standard InChI is InChI=1S/C15H29NO3/c1-5-6-7-8-9-10-11-15(19,12-14(17)18)13-16(2,3)4/h10-11,19H,5-9,12-13H2,1-4H3. The van der Waals surface area contributed by atoms with Crippen molar-refractivity contribution in [1.82, 2.24) is 0 Å². The summed E-state index contributed by atoms with van der Waals surface area (Å²) in [5, 5.41) is 21.2. The SMILES string of the molecule is CCCCCCC=CC(O)(CC(=O)[O-])C[N+](C)(C)C. The molecule has 0 bridgehead atoms. The Morgan fingerprint density at radius 3 is 2.37 bits per heavy atom. The van der Waals surface area contributed by atoms with Crippen LogP contribution in [0.4, 0.5) is 0 Å². The van der Waals surface area contributed by atoms with E-state index >= 15 is 0 Å². The third-order valence-corrected chi connectivity index (χ3v) is 2.85. The fraction of sp³-hybridized carbons (Fsp3) is 0.800. The van der Waals surface area contributed by atoms with Crippen molar-refractivity contribution < 1.29 is 19.5 Å². The lowest BCUT2D eigenvalue weighted by molar-refractivity contribution is -0.876. The van der Waals surface area contributed by atoms with Crippen molar-refractivity contribution >= 4 is 5.97 Å². The van der Waals surface area contributed by atoms with E-state index in [0.29, 0.717) is 11.0 Å². The summed E-state index contributed by atoms with van der Waals surface area (Å²) in [5.74, 6) is -1.22. The molecular weight excluding hydrogens is 242 g/mol. The van der Waals surface area contributed by atoms with E-state index in [1.807, 2.05) is 27.2 Å². The second-order valence-electron chi connectivity index (χ2n) is 6.35. The van der Waals surface area contributed by atoms with Crippen molar-refractivity contribution in [3.8, 4) is 0 Å². The van der Waals surface area contributed by atoms with Gasteiger partial charge < -0.3 is 19.5 Å². The highest BCUT2D eigenvalue weighted by molar-refractivity contribution is 5.66. The zero-order valence-corrected chi connectivity index (χ0v) is 12.8. The van der Waals surface area contributed by atoms with E-state index in [1.54, 1.807) is 6.08 Å². The predicted octanol–water partition coefficient (Wildman–Crippen LogP) is 1.09. The molecule has 0 fully saturated rings. The summed E-state index contributed by atoms with van der Waals surface area (Å²) in [7, 11) is 5.78. The van der Waals surface area contributed by atoms with Gasteiger partial charge in [0.25, 0.3) is 0 Å². The highest BCUT2D eigenvalue weighted by Gasteiger charge is 2.30. The lowest BCUT2D eigenvalue weighted by Crippen LogP contribution is -2.50. The first-order valence-electron chi connectivity index (χ1n) is 7.09. The van der Waals surface area contributed by atoms with Crippen molar-refractivity contribution in [2.45, 2.75) is 51.0 Å². The zero-order chi connectivity index (χ0) is 14.9. The van der Waals surface area contributed by atoms with E-state index in [-0.39, 0.29) is 6.42 Å². The first-order valence-corrected chi connectivity index (χ1v) is 7.09. The number of nitrogens with zero attached hydrogens (tertiary/aromatic N) is 1. The molecule has 0 aromatic heterocycles. The number of allylic oxidation sites excluding steroid dienone is 1. The predicted molar refractivity (Wildman–Crippen MR) is 75.4 cm³/mol. The van der Waals surface area contributed by atoms with Gasteiger partial charge in [-0.1, -0.05) is 38.3 Å². The van der Waals surface area contributed by atoms with Crippen LogP contribution in [0, 0.1) is 0 Å². The fourth-order valence-corrected chi connectivity index (χ4v) is 2.23. The number of hydrogen-bond acceptors (Lipinski definition) is 3. The molecule has 19 heavy (non-hydrogen) atoms. The van der Waals surface area contributed by atoms with Crippen LogP contribution < -0.4 is 5.11 Å². The van der Waals surface area contributed by atoms with Crippen LogP contribution in [-0.2, 0) is 4.79 Å². The summed E-state index contributed by atoms with van der Waals surface area (Å²) >= 11 is 0. The second kappa shape index (κ2) is 8.33. The van der Waals surface area contributed by atoms with Gasteiger partial charge in [-0.15, -0.1) is 0 Å². The average Bonchev–Trinajstić information content (AvgIpc) is 2.19. The molecule has 0 spiro atoms. The van der Waals surface area contributed by atoms with E-state index in [1.165, 1.54) is 19.3 Å². The van der Waals surface area contributed by atoms with E-state index in [9.17, 15) is 15.0 Å². The maximum atomic E-state index is 10.8. The van der Waals surface area contributed by atoms with Gasteiger partial charge in [-0.25, -0.2) is 0 Å². The zero-order valence-electron chi connectivity index (χ0n) is 12.8. The molecule has 112 valence electrons. The van der Waals surface area contributed by atoms with Gasteiger partial charge in [0.05, 0.1) is 21.1 Å². The minimum absolute atomic E-state index is 0.353. The Morgan fingerprint density at radius 1 is 1.26 bits per heavy atom. The maximum Gasteiger partial charge on any atom is 0.137 e. The average molecular weight is 271 g/mol. The molecule has 0 saturated heterocycles. The fourth-order valence-electron chi connectivity index (χ4n) is 2.23. The van der Waals surface area contributed by atoms with Crippen LogP contribution in [0.2, 0.25) is 0 Å². The lowest BCUT2D eigenvalue weighted by atomic mass is 9.97. The Balaban J connectivity index is 4.41. The molecule has 1 atom stereocenters. The van der Waals surface area contributed by atoms with Crippen LogP contribution in [0.15, 0.2) is 12.2 Å². The molecule has 1 N–H and O–H groups in total. The Hall–Kier alpha value is -0.870. The molecule has 0 aromatic rings. The topological polar surface area (TPSA) is 60.4 Å². The number of aliphatic carboxylic acids is 1. The minimum atomic E-state index is -1.32. The highest BCUT2D eigenvalue weighted by atomic mass is 16.4. The number of aliphatic hydroxyl groups is 1. The van der Waals surface area contributed by atoms with Crippen LogP contribution in [0.25, 0.3) is 0 Å². The summed E-state index contributed by atoms with van der Waals surface area (Å²) in [6.07, 6.45) is 8.73. The van der Waals surface area contributed by atoms with Crippen molar-refractivity contribution in [3.05, 3.63) is 12.2 Å². The Kier molecular flexibility index (Phi) is 7.95. The molecule has 0 saturated carbocycles. The van der Waals surface area contributed by atoms with Gasteiger partial charge in [0, 0.05) is 12.4 Å². The molecule has 0 aliphatic carbocycles. The number of carboxylic acid groups (broad SMARTS) is 1. The Labute approximate surface area is 117 Å². The number of unbranched alkanes of at least 4 members (excludes halogenated alkanes) is 4. The van der Waals surface area contributed by atoms with Gasteiger partial charge in [-0.3, -0.25) is 0 Å². The summed E-state index contributed by atoms with van der Waals surface area (Å²) in [4.78, 5) is 10.8. The van der Waals surface area contributed by atoms with Crippen LogP contribution in [0.5, 0.6) is 0 Å². The number of likely N-dealkylation sites (N-methyl/N-ethyl adjacent to an activating group) is 1. The summed E-state index contributed by atoms with van der Waals surface area (Å²) < 4.78 is 0.504. The van der Waals surface area contributed by atoms with Crippen molar-refractivity contribution in [2.75, 3.05) is 27.7 Å². The number of quaternary nitrogens is 1. The maximum absolute atomic E-state index is 10.8. The minimum Gasteiger partial charge on any atom is -0.550 e. The smallest absolute Gasteiger partial charge is 0.137 e. The summed E-state index contributed by atoms with van der Waals surface area (Å²) in [5.41, 5.74) is -1.32. The quantitative estimate of drug-likeness (QED) is 0.367. The second-order valence-corrected chi connectivity index (χ2v) is 6.35. The molecular formula is C15H29NO3. The highest BCUT2D eigenvalue weighted by Crippen LogP contribution is 2.17. The molecule has 0 aliphatic heterocycles. The third kappa shape index (κ3) is 10.7. The summed E-state index contributed by atoms with van der Waals surface area (Å²) in [6, 6.07) is 0. The van der Waals surface area contributed by atoms with Gasteiger partial charge in [0.2, 0.25) is 0 Å². The first kappa shape index (κ1) is 18.1. The molecule has 0 aliphatic rings. The van der Waals surface area contributed by atoms with Crippen LogP contribution >= 0.6 is 0 Å². The molecule has 0 amide bonds. The van der Waals surface area contributed by atoms with Crippen molar-refractivity contribution in [3.63, 3.8) is 0 Å². The Bertz CT molecular complexity index is 294. The third-order valence-electron chi connectivity index (χ3n) is 2.85. The number of carbonyl (C=O) groups excluding carboxylic acids is 1. The van der Waals surface area contributed by atoms with Crippen molar-refractivity contribution in [2.24, 2.45) is 0 Å². The summed E-state index contributed by atoms with van der Waals surface area (Å²) in [6.45, 7) is 2.52. The monoisotopic (exact) mass is 271 g/mol. The Morgan fingerprint density at radius 2 is 1.89 bits per heavy atom. The van der Waals surface area contributed by atoms with Gasteiger partial charge in [0.15, 0.2) is 0 Å². The number of carboxylic acids is 1. The molecule has 4 nitrogen and oxygen atoms in total. The van der Waals surface area contributed by atoms with Crippen LogP contribution in [0.1, 0.15) is 45.4 Å². The number of rotatable bonds is 10. The van der Waals surface area contributed by atoms with Gasteiger partial charge in [-0.2, -0.15) is 0 Å². The number of carbonyl (C=O) groups is 1. The largest absolute Gasteiger partial charge is 0.550 e. The molecule has 1 unspecified atom stereocenters. The lowest BCUT2D eigenvalue weighted by Gasteiger charge is -2.34. The number of hydrogen-bond donors (Lipinski definition) is 1. The van der Waals surface area contributed by atoms with Gasteiger partial charge in [-0.05, 0) is 12.8 Å². The van der Waals surface area contributed by atoms with Gasteiger partial charge in [0.1, 0.15) is 12.1 Å². The van der Waals surface area contributed by atoms with E-state index in [2.05, 4.69) is 6.92 Å². The van der Waals surface area contributed by atoms with E-state index < -0.39 is 11.6 Å². The van der Waals surface area contributed by atoms with Gasteiger partial charge >= 0.3 is 0 Å². The molecule has 0 aromatic carbocycles. The molecule has 4 heteroatoms. The van der Waals surface area contributed by atoms with E-state index in [4.69, 9.17) is 0 Å². The van der Waals surface area contributed by atoms with Crippen molar-refractivity contribution in [1.29, 1.82) is 0 Å². The van der Waals surface area contributed by atoms with Crippen LogP contribution in [0.3, 0.4) is 0 Å². The van der Waals surface area contributed by atoms with Crippen LogP contribution in [-0.4, -0.2) is 48.8 Å². The van der Waals surface area contributed by atoms with E-state index in [0.717, 1.165) is 12.8 Å². The first-order chi connectivity index (χ1) is 8.68. The normalized spacial score (nSPS) is 15.6.